The number of carbonyl (C=O) groups is 2. The molecule has 0 radical (unpaired) electrons. The predicted octanol–water partition coefficient (Wildman–Crippen LogP) is 1.28. The van der Waals surface area contributed by atoms with E-state index in [4.69, 9.17) is 21.1 Å². The molecule has 1 saturated heterocycles. The Morgan fingerprint density at radius 3 is 2.80 bits per heavy atom. The van der Waals surface area contributed by atoms with E-state index >= 15 is 0 Å². The minimum atomic E-state index is -0.741. The SMILES string of the molecule is O=C1O[C@@H](C(=O)N2CCOCC2)Cc2ccc(Cl)cc21. The van der Waals surface area contributed by atoms with Gasteiger partial charge in [0.2, 0.25) is 0 Å². The highest BCUT2D eigenvalue weighted by atomic mass is 35.5. The number of cyclic esters (lactones) is 1. The molecule has 3 rings (SSSR count). The Bertz CT molecular complexity index is 554. The molecule has 1 aromatic rings. The van der Waals surface area contributed by atoms with E-state index in [-0.39, 0.29) is 5.91 Å². The van der Waals surface area contributed by atoms with Crippen molar-refractivity contribution in [1.29, 1.82) is 0 Å². The maximum atomic E-state index is 12.3. The average molecular weight is 296 g/mol. The van der Waals surface area contributed by atoms with E-state index in [0.717, 1.165) is 5.56 Å². The first-order valence-corrected chi connectivity index (χ1v) is 6.89. The van der Waals surface area contributed by atoms with E-state index in [9.17, 15) is 9.59 Å². The van der Waals surface area contributed by atoms with Crippen molar-refractivity contribution in [2.24, 2.45) is 0 Å². The molecule has 2 heterocycles. The Hall–Kier alpha value is -1.59. The summed E-state index contributed by atoms with van der Waals surface area (Å²) in [6.45, 7) is 2.14. The lowest BCUT2D eigenvalue weighted by molar-refractivity contribution is -0.145. The van der Waals surface area contributed by atoms with E-state index in [1.165, 1.54) is 0 Å². The van der Waals surface area contributed by atoms with Gasteiger partial charge in [0.25, 0.3) is 5.91 Å². The molecule has 2 aliphatic rings. The van der Waals surface area contributed by atoms with Crippen molar-refractivity contribution >= 4 is 23.5 Å². The highest BCUT2D eigenvalue weighted by Gasteiger charge is 2.34. The lowest BCUT2D eigenvalue weighted by atomic mass is 9.98. The van der Waals surface area contributed by atoms with Crippen LogP contribution in [-0.4, -0.2) is 49.2 Å². The van der Waals surface area contributed by atoms with Gasteiger partial charge < -0.3 is 14.4 Å². The summed E-state index contributed by atoms with van der Waals surface area (Å²) >= 11 is 5.87. The Labute approximate surface area is 121 Å². The van der Waals surface area contributed by atoms with Gasteiger partial charge in [-0.3, -0.25) is 4.79 Å². The van der Waals surface area contributed by atoms with Gasteiger partial charge in [0.1, 0.15) is 0 Å². The molecule has 0 unspecified atom stereocenters. The number of ether oxygens (including phenoxy) is 2. The third-order valence-electron chi connectivity index (χ3n) is 3.54. The highest BCUT2D eigenvalue weighted by molar-refractivity contribution is 6.31. The predicted molar refractivity (Wildman–Crippen MR) is 71.8 cm³/mol. The number of hydrogen-bond donors (Lipinski definition) is 0. The van der Waals surface area contributed by atoms with Crippen LogP contribution in [0, 0.1) is 0 Å². The zero-order valence-corrected chi connectivity index (χ0v) is 11.6. The van der Waals surface area contributed by atoms with Crippen molar-refractivity contribution < 1.29 is 19.1 Å². The number of amides is 1. The molecule has 1 fully saturated rings. The number of halogens is 1. The fourth-order valence-electron chi connectivity index (χ4n) is 2.48. The Morgan fingerprint density at radius 2 is 2.05 bits per heavy atom. The van der Waals surface area contributed by atoms with Crippen molar-refractivity contribution in [1.82, 2.24) is 4.90 Å². The molecule has 0 N–H and O–H groups in total. The van der Waals surface area contributed by atoms with Crippen LogP contribution in [-0.2, 0) is 20.7 Å². The summed E-state index contributed by atoms with van der Waals surface area (Å²) in [5, 5.41) is 0.485. The summed E-state index contributed by atoms with van der Waals surface area (Å²) in [6, 6.07) is 5.07. The van der Waals surface area contributed by atoms with Crippen molar-refractivity contribution in [3.63, 3.8) is 0 Å². The lowest BCUT2D eigenvalue weighted by Crippen LogP contribution is -2.48. The number of rotatable bonds is 1. The first-order valence-electron chi connectivity index (χ1n) is 6.51. The van der Waals surface area contributed by atoms with Gasteiger partial charge in [-0.2, -0.15) is 0 Å². The number of carbonyl (C=O) groups excluding carboxylic acids is 2. The minimum Gasteiger partial charge on any atom is -0.448 e. The monoisotopic (exact) mass is 295 g/mol. The van der Waals surface area contributed by atoms with Gasteiger partial charge in [-0.15, -0.1) is 0 Å². The van der Waals surface area contributed by atoms with Crippen LogP contribution in [0.15, 0.2) is 18.2 Å². The largest absolute Gasteiger partial charge is 0.448 e. The van der Waals surface area contributed by atoms with Crippen LogP contribution in [0.1, 0.15) is 15.9 Å². The van der Waals surface area contributed by atoms with Crippen LogP contribution in [0.2, 0.25) is 5.02 Å². The number of morpholine rings is 1. The van der Waals surface area contributed by atoms with Crippen LogP contribution in [0.3, 0.4) is 0 Å². The summed E-state index contributed by atoms with van der Waals surface area (Å²) < 4.78 is 10.5. The van der Waals surface area contributed by atoms with Gasteiger partial charge in [-0.05, 0) is 17.7 Å². The average Bonchev–Trinajstić information content (AvgIpc) is 2.48. The van der Waals surface area contributed by atoms with Crippen LogP contribution in [0.25, 0.3) is 0 Å². The maximum absolute atomic E-state index is 12.3. The molecule has 1 atom stereocenters. The smallest absolute Gasteiger partial charge is 0.339 e. The Balaban J connectivity index is 1.79. The summed E-state index contributed by atoms with van der Waals surface area (Å²) in [5.41, 5.74) is 1.25. The fourth-order valence-corrected chi connectivity index (χ4v) is 2.65. The summed E-state index contributed by atoms with van der Waals surface area (Å²) in [4.78, 5) is 26.0. The van der Waals surface area contributed by atoms with Crippen LogP contribution < -0.4 is 0 Å². The standard InChI is InChI=1S/C14H14ClNO4/c15-10-2-1-9-7-12(20-14(18)11(9)8-10)13(17)16-3-5-19-6-4-16/h1-2,8,12H,3-7H2/t12-/m1/s1. The molecule has 20 heavy (non-hydrogen) atoms. The molecule has 106 valence electrons. The minimum absolute atomic E-state index is 0.151. The first kappa shape index (κ1) is 13.4. The highest BCUT2D eigenvalue weighted by Crippen LogP contribution is 2.25. The number of nitrogens with zero attached hydrogens (tertiary/aromatic N) is 1. The molecular weight excluding hydrogens is 282 g/mol. The first-order chi connectivity index (χ1) is 9.65. The summed E-state index contributed by atoms with van der Waals surface area (Å²) in [7, 11) is 0. The Morgan fingerprint density at radius 1 is 1.30 bits per heavy atom. The Kier molecular flexibility index (Phi) is 3.63. The number of benzene rings is 1. The van der Waals surface area contributed by atoms with E-state index in [1.54, 1.807) is 23.1 Å². The second-order valence-electron chi connectivity index (χ2n) is 4.84. The van der Waals surface area contributed by atoms with E-state index in [2.05, 4.69) is 0 Å². The van der Waals surface area contributed by atoms with Gasteiger partial charge in [0.15, 0.2) is 6.10 Å². The van der Waals surface area contributed by atoms with E-state index in [0.29, 0.717) is 43.3 Å². The van der Waals surface area contributed by atoms with Crippen LogP contribution in [0.5, 0.6) is 0 Å². The second-order valence-corrected chi connectivity index (χ2v) is 5.27. The quantitative estimate of drug-likeness (QED) is 0.733. The molecule has 5 nitrogen and oxygen atoms in total. The summed E-state index contributed by atoms with van der Waals surface area (Å²) in [5.74, 6) is -0.636. The maximum Gasteiger partial charge on any atom is 0.339 e. The third kappa shape index (κ3) is 2.51. The van der Waals surface area contributed by atoms with Gasteiger partial charge in [0, 0.05) is 24.5 Å². The van der Waals surface area contributed by atoms with E-state index in [1.807, 2.05) is 0 Å². The zero-order valence-electron chi connectivity index (χ0n) is 10.8. The van der Waals surface area contributed by atoms with Crippen molar-refractivity contribution in [2.45, 2.75) is 12.5 Å². The van der Waals surface area contributed by atoms with Crippen LogP contribution >= 0.6 is 11.6 Å². The molecule has 1 amide bonds. The van der Waals surface area contributed by atoms with Gasteiger partial charge in [-0.1, -0.05) is 17.7 Å². The number of hydrogen-bond acceptors (Lipinski definition) is 4. The van der Waals surface area contributed by atoms with Gasteiger partial charge in [0.05, 0.1) is 18.8 Å². The second kappa shape index (κ2) is 5.42. The molecule has 0 aromatic heterocycles. The van der Waals surface area contributed by atoms with Crippen LogP contribution in [0.4, 0.5) is 0 Å². The molecule has 6 heteroatoms. The molecule has 2 aliphatic heterocycles. The van der Waals surface area contributed by atoms with Crippen molar-refractivity contribution in [2.75, 3.05) is 26.3 Å². The number of fused-ring (bicyclic) bond motifs is 1. The fraction of sp³-hybridized carbons (Fsp3) is 0.429. The summed E-state index contributed by atoms with van der Waals surface area (Å²) in [6.07, 6.45) is -0.344. The lowest BCUT2D eigenvalue weighted by Gasteiger charge is -2.32. The van der Waals surface area contributed by atoms with Gasteiger partial charge in [-0.25, -0.2) is 4.79 Å². The molecule has 0 aliphatic carbocycles. The molecule has 0 bridgehead atoms. The normalized spacial score (nSPS) is 22.1. The van der Waals surface area contributed by atoms with Crippen molar-refractivity contribution in [3.8, 4) is 0 Å². The van der Waals surface area contributed by atoms with E-state index < -0.39 is 12.1 Å². The molecule has 1 aromatic carbocycles. The van der Waals surface area contributed by atoms with Crippen molar-refractivity contribution in [3.05, 3.63) is 34.3 Å². The van der Waals surface area contributed by atoms with Gasteiger partial charge >= 0.3 is 5.97 Å². The molecular formula is C14H14ClNO4. The molecule has 0 saturated carbocycles. The number of esters is 1. The topological polar surface area (TPSA) is 55.8 Å². The molecule has 0 spiro atoms. The zero-order chi connectivity index (χ0) is 14.1. The third-order valence-corrected chi connectivity index (χ3v) is 3.78.